The predicted octanol–water partition coefficient (Wildman–Crippen LogP) is 1.86. The van der Waals surface area contributed by atoms with Crippen molar-refractivity contribution in [2.45, 2.75) is 62.8 Å². The summed E-state index contributed by atoms with van der Waals surface area (Å²) in [6.07, 6.45) is 5.85. The van der Waals surface area contributed by atoms with Crippen LogP contribution in [0, 0.1) is 0 Å². The Hall–Kier alpha value is -4.25. The van der Waals surface area contributed by atoms with Crippen LogP contribution in [0.4, 0.5) is 24.7 Å². The van der Waals surface area contributed by atoms with E-state index in [-0.39, 0.29) is 35.1 Å². The molecule has 0 spiro atoms. The fourth-order valence-electron chi connectivity index (χ4n) is 4.94. The van der Waals surface area contributed by atoms with Crippen molar-refractivity contribution in [3.8, 4) is 0 Å². The first-order valence-electron chi connectivity index (χ1n) is 13.4. The van der Waals surface area contributed by atoms with E-state index in [2.05, 4.69) is 37.8 Å². The molecule has 2 atom stereocenters. The lowest BCUT2D eigenvalue weighted by atomic mass is 9.91. The van der Waals surface area contributed by atoms with Crippen molar-refractivity contribution in [1.29, 1.82) is 0 Å². The van der Waals surface area contributed by atoms with E-state index < -0.39 is 24.0 Å². The number of nitrogens with one attached hydrogen (secondary N) is 2. The smallest absolute Gasteiger partial charge is 0.475 e. The number of rotatable bonds is 6. The number of alkyl halides is 3. The first-order valence-corrected chi connectivity index (χ1v) is 13.4. The van der Waals surface area contributed by atoms with Crippen molar-refractivity contribution in [1.82, 2.24) is 29.3 Å². The molecule has 2 aliphatic rings. The minimum atomic E-state index is -5.08. The average molecular weight is 595 g/mol. The lowest BCUT2D eigenvalue weighted by Crippen LogP contribution is -2.42. The van der Waals surface area contributed by atoms with Gasteiger partial charge < -0.3 is 32.1 Å². The highest BCUT2D eigenvalue weighted by atomic mass is 19.4. The van der Waals surface area contributed by atoms with Crippen molar-refractivity contribution in [3.63, 3.8) is 0 Å². The van der Waals surface area contributed by atoms with Gasteiger partial charge in [-0.3, -0.25) is 14.3 Å². The van der Waals surface area contributed by atoms with E-state index in [1.54, 1.807) is 17.1 Å². The van der Waals surface area contributed by atoms with Crippen LogP contribution in [0.2, 0.25) is 0 Å². The van der Waals surface area contributed by atoms with E-state index >= 15 is 0 Å². The lowest BCUT2D eigenvalue weighted by Gasteiger charge is -2.29. The number of aromatic nitrogens is 5. The van der Waals surface area contributed by atoms with Gasteiger partial charge in [0.15, 0.2) is 11.3 Å². The number of piperidine rings is 1. The maximum Gasteiger partial charge on any atom is 0.490 e. The van der Waals surface area contributed by atoms with Crippen LogP contribution in [-0.2, 0) is 4.79 Å². The summed E-state index contributed by atoms with van der Waals surface area (Å²) in [5.41, 5.74) is 12.8. The van der Waals surface area contributed by atoms with Gasteiger partial charge in [0, 0.05) is 24.5 Å². The van der Waals surface area contributed by atoms with E-state index in [0.717, 1.165) is 51.6 Å². The molecule has 228 valence electrons. The largest absolute Gasteiger partial charge is 0.490 e. The normalized spacial score (nSPS) is 20.0. The summed E-state index contributed by atoms with van der Waals surface area (Å²) in [7, 11) is 2.08. The summed E-state index contributed by atoms with van der Waals surface area (Å²) >= 11 is 0. The number of nitrogens with two attached hydrogens (primary N) is 2. The molecule has 0 radical (unpaired) electrons. The molecule has 0 aromatic carbocycles. The second kappa shape index (κ2) is 12.7. The van der Waals surface area contributed by atoms with E-state index in [4.69, 9.17) is 21.4 Å². The number of nitrogens with zero attached hydrogens (tertiary/aromatic N) is 6. The third-order valence-corrected chi connectivity index (χ3v) is 7.28. The number of carbonyl (C=O) groups excluding carboxylic acids is 2. The second-order valence-electron chi connectivity index (χ2n) is 10.4. The Morgan fingerprint density at radius 3 is 2.40 bits per heavy atom. The number of carboxylic acids is 1. The van der Waals surface area contributed by atoms with Crippen LogP contribution < -0.4 is 22.1 Å². The zero-order valence-electron chi connectivity index (χ0n) is 22.8. The quantitative estimate of drug-likeness (QED) is 0.281. The highest BCUT2D eigenvalue weighted by molar-refractivity contribution is 6.10. The third kappa shape index (κ3) is 7.33. The Kier molecular flexibility index (Phi) is 9.30. The molecule has 2 amide bonds. The summed E-state index contributed by atoms with van der Waals surface area (Å²) in [4.78, 5) is 41.0. The van der Waals surface area contributed by atoms with Gasteiger partial charge in [-0.2, -0.15) is 23.4 Å². The van der Waals surface area contributed by atoms with E-state index in [0.29, 0.717) is 11.5 Å². The maximum absolute atomic E-state index is 13.2. The van der Waals surface area contributed by atoms with Gasteiger partial charge >= 0.3 is 12.1 Å². The topological polar surface area (TPSA) is 199 Å². The van der Waals surface area contributed by atoms with E-state index in [1.807, 2.05) is 6.07 Å². The SMILES string of the molecule is CN1CCC(n2cc(NC(=O)c3cnn4ccc(N[C@H]5CCCC[C@H]5N)nc34)c(C(N)=O)n2)CC1.O=C(O)C(F)(F)F. The fraction of sp³-hybridized carbons (Fsp3) is 0.520. The first-order chi connectivity index (χ1) is 19.8. The number of anilines is 2. The molecule has 7 N–H and O–H groups in total. The molecular formula is C25H33F3N10O4. The molecular weight excluding hydrogens is 561 g/mol. The molecule has 1 saturated heterocycles. The zero-order valence-corrected chi connectivity index (χ0v) is 22.8. The Balaban J connectivity index is 0.000000517. The molecule has 1 saturated carbocycles. The Morgan fingerprint density at radius 2 is 1.79 bits per heavy atom. The van der Waals surface area contributed by atoms with Crippen LogP contribution in [-0.4, -0.2) is 90.6 Å². The number of hydrogen-bond donors (Lipinski definition) is 5. The number of carboxylic acid groups (broad SMARTS) is 1. The fourth-order valence-corrected chi connectivity index (χ4v) is 4.94. The molecule has 1 aliphatic carbocycles. The number of aliphatic carboxylic acids is 1. The van der Waals surface area contributed by atoms with Crippen LogP contribution in [0.25, 0.3) is 5.65 Å². The third-order valence-electron chi connectivity index (χ3n) is 7.28. The van der Waals surface area contributed by atoms with Crippen LogP contribution in [0.3, 0.4) is 0 Å². The van der Waals surface area contributed by atoms with Crippen molar-refractivity contribution >= 4 is 34.9 Å². The Bertz CT molecular complexity index is 1430. The number of fused-ring (bicyclic) bond motifs is 1. The van der Waals surface area contributed by atoms with Gasteiger partial charge in [0.05, 0.1) is 17.9 Å². The maximum atomic E-state index is 13.2. The summed E-state index contributed by atoms with van der Waals surface area (Å²) < 4.78 is 35.0. The van der Waals surface area contributed by atoms with Crippen LogP contribution in [0.1, 0.15) is 65.4 Å². The highest BCUT2D eigenvalue weighted by Crippen LogP contribution is 2.26. The average Bonchev–Trinajstić information content (AvgIpc) is 3.55. The molecule has 5 rings (SSSR count). The molecule has 4 heterocycles. The minimum Gasteiger partial charge on any atom is -0.475 e. The zero-order chi connectivity index (χ0) is 30.6. The molecule has 3 aromatic heterocycles. The second-order valence-corrected chi connectivity index (χ2v) is 10.4. The summed E-state index contributed by atoms with van der Waals surface area (Å²) in [5, 5.41) is 22.0. The lowest BCUT2D eigenvalue weighted by molar-refractivity contribution is -0.192. The molecule has 2 fully saturated rings. The van der Waals surface area contributed by atoms with Gasteiger partial charge in [0.2, 0.25) is 0 Å². The predicted molar refractivity (Wildman–Crippen MR) is 145 cm³/mol. The van der Waals surface area contributed by atoms with Gasteiger partial charge in [0.1, 0.15) is 11.4 Å². The van der Waals surface area contributed by atoms with Gasteiger partial charge in [-0.15, -0.1) is 0 Å². The van der Waals surface area contributed by atoms with Crippen molar-refractivity contribution < 1.29 is 32.7 Å². The van der Waals surface area contributed by atoms with Crippen LogP contribution in [0.5, 0.6) is 0 Å². The van der Waals surface area contributed by atoms with Crippen LogP contribution in [0.15, 0.2) is 24.7 Å². The molecule has 0 unspecified atom stereocenters. The number of hydrogen-bond acceptors (Lipinski definition) is 9. The molecule has 1 aliphatic heterocycles. The monoisotopic (exact) mass is 594 g/mol. The molecule has 0 bridgehead atoms. The first kappa shape index (κ1) is 30.7. The molecule has 42 heavy (non-hydrogen) atoms. The Labute approximate surface area is 238 Å². The summed E-state index contributed by atoms with van der Waals surface area (Å²) in [5.74, 6) is -3.25. The summed E-state index contributed by atoms with van der Waals surface area (Å²) in [6, 6.07) is 2.18. The number of likely N-dealkylation sites (tertiary alicyclic amines) is 1. The van der Waals surface area contributed by atoms with E-state index in [9.17, 15) is 22.8 Å². The van der Waals surface area contributed by atoms with E-state index in [1.165, 1.54) is 10.7 Å². The minimum absolute atomic E-state index is 0.0374. The van der Waals surface area contributed by atoms with Gasteiger partial charge in [0.25, 0.3) is 11.8 Å². The molecule has 14 nitrogen and oxygen atoms in total. The number of amides is 2. The van der Waals surface area contributed by atoms with Crippen molar-refractivity contribution in [2.24, 2.45) is 11.5 Å². The molecule has 3 aromatic rings. The highest BCUT2D eigenvalue weighted by Gasteiger charge is 2.38. The number of carbonyl (C=O) groups is 3. The van der Waals surface area contributed by atoms with Crippen molar-refractivity contribution in [2.75, 3.05) is 30.8 Å². The van der Waals surface area contributed by atoms with Crippen LogP contribution >= 0.6 is 0 Å². The molecule has 17 heteroatoms. The van der Waals surface area contributed by atoms with Gasteiger partial charge in [-0.1, -0.05) is 12.8 Å². The summed E-state index contributed by atoms with van der Waals surface area (Å²) in [6.45, 7) is 1.88. The number of halogens is 3. The number of primary amides is 1. The van der Waals surface area contributed by atoms with Crippen molar-refractivity contribution in [3.05, 3.63) is 35.9 Å². The van der Waals surface area contributed by atoms with Gasteiger partial charge in [-0.05, 0) is 51.9 Å². The van der Waals surface area contributed by atoms with Gasteiger partial charge in [-0.25, -0.2) is 14.3 Å². The standard InChI is InChI=1S/C23H32N10O2.C2HF3O2/c1-31-9-6-14(7-10-31)33-13-18(20(30-33)21(25)34)28-23(35)15-12-26-32-11-8-19(29-22(15)32)27-17-5-3-2-4-16(17)24;3-2(4,5)1(6)7/h8,11-14,16-17H,2-7,9-10,24H2,1H3,(H2,25,34)(H,27,29)(H,28,35);(H,6,7)/t16-,17+;/m1./s1. The Morgan fingerprint density at radius 1 is 1.12 bits per heavy atom.